The first kappa shape index (κ1) is 24.7. The predicted molar refractivity (Wildman–Crippen MR) is 134 cm³/mol. The third-order valence-electron chi connectivity index (χ3n) is 5.56. The van der Waals surface area contributed by atoms with Crippen molar-refractivity contribution in [3.8, 4) is 11.5 Å². The highest BCUT2D eigenvalue weighted by molar-refractivity contribution is 8.05. The molecule has 2 aliphatic heterocycles. The Morgan fingerprint density at radius 2 is 2.06 bits per heavy atom. The first-order valence-electron chi connectivity index (χ1n) is 11.4. The number of pyridine rings is 1. The topological polar surface area (TPSA) is 90.0 Å². The number of amides is 1. The summed E-state index contributed by atoms with van der Waals surface area (Å²) in [6, 6.07) is 10.3. The molecular weight excluding hydrogens is 466 g/mol. The van der Waals surface area contributed by atoms with E-state index in [0.717, 1.165) is 5.56 Å². The maximum Gasteiger partial charge on any atom is 0.338 e. The minimum Gasteiger partial charge on any atom is -0.493 e. The Morgan fingerprint density at radius 3 is 2.71 bits per heavy atom. The summed E-state index contributed by atoms with van der Waals surface area (Å²) in [4.78, 5) is 33.3. The van der Waals surface area contributed by atoms with Crippen LogP contribution in [-0.4, -0.2) is 47.1 Å². The summed E-state index contributed by atoms with van der Waals surface area (Å²) in [7, 11) is 1.56. The quantitative estimate of drug-likeness (QED) is 0.450. The molecule has 1 N–H and O–H groups in total. The second kappa shape index (κ2) is 10.4. The number of esters is 1. The molecule has 0 radical (unpaired) electrons. The molecule has 1 aromatic heterocycles. The minimum absolute atomic E-state index is 0.0360. The highest BCUT2D eigenvalue weighted by Gasteiger charge is 2.48. The molecule has 0 bridgehead atoms. The monoisotopic (exact) mass is 495 g/mol. The molecule has 1 fully saturated rings. The van der Waals surface area contributed by atoms with Crippen LogP contribution in [0.15, 0.2) is 58.8 Å². The molecule has 3 heterocycles. The van der Waals surface area contributed by atoms with E-state index in [1.807, 2.05) is 57.2 Å². The number of nitrogens with one attached hydrogen (secondary N) is 1. The van der Waals surface area contributed by atoms with Crippen LogP contribution < -0.4 is 14.8 Å². The van der Waals surface area contributed by atoms with Crippen molar-refractivity contribution in [3.05, 3.63) is 70.0 Å². The standard InChI is InChI=1S/C26H29N3O5S/c1-6-33-25(31)22-16(4)28-26-29(24(30)21(35-26)14-18-9-7-8-12-27-18)23(22)17-10-11-19(34-15(2)3)20(13-17)32-5/h7-15,23,26,28H,6H2,1-5H3/b21-14-/t23-,26-/m0/s1. The maximum absolute atomic E-state index is 13.7. The highest BCUT2D eigenvalue weighted by Crippen LogP contribution is 2.47. The van der Waals surface area contributed by atoms with Gasteiger partial charge in [0, 0.05) is 11.9 Å². The first-order chi connectivity index (χ1) is 16.8. The molecule has 2 atom stereocenters. The molecule has 1 aromatic carbocycles. The Kier molecular flexibility index (Phi) is 7.35. The lowest BCUT2D eigenvalue weighted by atomic mass is 9.93. The molecule has 1 amide bonds. The molecule has 0 saturated carbocycles. The Morgan fingerprint density at radius 1 is 1.26 bits per heavy atom. The number of carbonyl (C=O) groups is 2. The lowest BCUT2D eigenvalue weighted by Gasteiger charge is -2.39. The zero-order chi connectivity index (χ0) is 25.1. The van der Waals surface area contributed by atoms with E-state index < -0.39 is 17.5 Å². The summed E-state index contributed by atoms with van der Waals surface area (Å²) in [6.45, 7) is 7.68. The van der Waals surface area contributed by atoms with Crippen LogP contribution in [0, 0.1) is 0 Å². The van der Waals surface area contributed by atoms with Gasteiger partial charge >= 0.3 is 5.97 Å². The van der Waals surface area contributed by atoms with E-state index in [0.29, 0.717) is 33.4 Å². The van der Waals surface area contributed by atoms with Crippen molar-refractivity contribution in [1.82, 2.24) is 15.2 Å². The zero-order valence-corrected chi connectivity index (χ0v) is 21.2. The van der Waals surface area contributed by atoms with E-state index in [9.17, 15) is 9.59 Å². The molecule has 1 saturated heterocycles. The van der Waals surface area contributed by atoms with Gasteiger partial charge in [-0.3, -0.25) is 14.7 Å². The molecule has 4 rings (SSSR count). The van der Waals surface area contributed by atoms with E-state index in [1.165, 1.54) is 11.8 Å². The van der Waals surface area contributed by atoms with Crippen LogP contribution in [0.25, 0.3) is 6.08 Å². The molecule has 9 heteroatoms. The van der Waals surface area contributed by atoms with Gasteiger partial charge in [0.2, 0.25) is 0 Å². The number of benzene rings is 1. The largest absolute Gasteiger partial charge is 0.493 e. The van der Waals surface area contributed by atoms with Crippen molar-refractivity contribution in [3.63, 3.8) is 0 Å². The van der Waals surface area contributed by atoms with E-state index in [-0.39, 0.29) is 18.6 Å². The van der Waals surface area contributed by atoms with Gasteiger partial charge in [0.15, 0.2) is 17.0 Å². The first-order valence-corrected chi connectivity index (χ1v) is 12.3. The van der Waals surface area contributed by atoms with Crippen LogP contribution in [0.2, 0.25) is 0 Å². The van der Waals surface area contributed by atoms with E-state index in [2.05, 4.69) is 10.3 Å². The van der Waals surface area contributed by atoms with Crippen LogP contribution >= 0.6 is 11.8 Å². The second-order valence-corrected chi connectivity index (χ2v) is 9.45. The van der Waals surface area contributed by atoms with Crippen molar-refractivity contribution < 1.29 is 23.8 Å². The molecule has 2 aliphatic rings. The number of hydrogen-bond acceptors (Lipinski definition) is 8. The third kappa shape index (κ3) is 5.00. The molecule has 8 nitrogen and oxygen atoms in total. The SMILES string of the molecule is CCOC(=O)C1=C(C)N[C@@H]2S/C(=C\c3ccccn3)C(=O)N2[C@H]1c1ccc(OC(C)C)c(OC)c1. The zero-order valence-electron chi connectivity index (χ0n) is 20.4. The van der Waals surface area contributed by atoms with E-state index in [1.54, 1.807) is 31.2 Å². The second-order valence-electron chi connectivity index (χ2n) is 8.33. The van der Waals surface area contributed by atoms with Crippen molar-refractivity contribution in [2.45, 2.75) is 45.3 Å². The van der Waals surface area contributed by atoms with Gasteiger partial charge in [-0.1, -0.05) is 23.9 Å². The van der Waals surface area contributed by atoms with Crippen LogP contribution in [0.4, 0.5) is 0 Å². The Hall–Kier alpha value is -3.46. The van der Waals surface area contributed by atoms with Gasteiger partial charge in [-0.25, -0.2) is 4.79 Å². The molecule has 35 heavy (non-hydrogen) atoms. The van der Waals surface area contributed by atoms with Gasteiger partial charge in [0.05, 0.1) is 42.0 Å². The average Bonchev–Trinajstić information content (AvgIpc) is 3.13. The number of methoxy groups -OCH3 is 1. The van der Waals surface area contributed by atoms with Crippen molar-refractivity contribution in [1.29, 1.82) is 0 Å². The van der Waals surface area contributed by atoms with Crippen molar-refractivity contribution in [2.75, 3.05) is 13.7 Å². The number of hydrogen-bond donors (Lipinski definition) is 1. The van der Waals surface area contributed by atoms with Gasteiger partial charge < -0.3 is 19.5 Å². The number of carbonyl (C=O) groups excluding carboxylic acids is 2. The summed E-state index contributed by atoms with van der Waals surface area (Å²) in [5, 5.41) is 3.31. The summed E-state index contributed by atoms with van der Waals surface area (Å²) < 4.78 is 16.8. The summed E-state index contributed by atoms with van der Waals surface area (Å²) >= 11 is 1.39. The summed E-state index contributed by atoms with van der Waals surface area (Å²) in [5.74, 6) is 0.449. The van der Waals surface area contributed by atoms with Crippen molar-refractivity contribution >= 4 is 29.7 Å². The predicted octanol–water partition coefficient (Wildman–Crippen LogP) is 4.26. The number of fused-ring (bicyclic) bond motifs is 1. The number of aromatic nitrogens is 1. The highest BCUT2D eigenvalue weighted by atomic mass is 32.2. The van der Waals surface area contributed by atoms with E-state index in [4.69, 9.17) is 14.2 Å². The number of allylic oxidation sites excluding steroid dienone is 1. The normalized spacial score (nSPS) is 20.7. The molecule has 184 valence electrons. The molecular formula is C26H29N3O5S. The number of nitrogens with zero attached hydrogens (tertiary/aromatic N) is 2. The van der Waals surface area contributed by atoms with Crippen LogP contribution in [-0.2, 0) is 14.3 Å². The lowest BCUT2D eigenvalue weighted by molar-refractivity contribution is -0.140. The Labute approximate surface area is 209 Å². The molecule has 2 aromatic rings. The number of ether oxygens (including phenoxy) is 3. The smallest absolute Gasteiger partial charge is 0.338 e. The summed E-state index contributed by atoms with van der Waals surface area (Å²) in [6.07, 6.45) is 3.41. The number of rotatable bonds is 7. The third-order valence-corrected chi connectivity index (χ3v) is 6.67. The van der Waals surface area contributed by atoms with Gasteiger partial charge in [-0.15, -0.1) is 0 Å². The van der Waals surface area contributed by atoms with Gasteiger partial charge in [0.1, 0.15) is 0 Å². The maximum atomic E-state index is 13.7. The Bertz CT molecular complexity index is 1180. The van der Waals surface area contributed by atoms with Crippen molar-refractivity contribution in [2.24, 2.45) is 0 Å². The molecule has 0 unspecified atom stereocenters. The van der Waals surface area contributed by atoms with E-state index >= 15 is 0 Å². The van der Waals surface area contributed by atoms with Gasteiger partial charge in [0.25, 0.3) is 5.91 Å². The Balaban J connectivity index is 1.80. The fourth-order valence-electron chi connectivity index (χ4n) is 4.12. The lowest BCUT2D eigenvalue weighted by Crippen LogP contribution is -2.50. The minimum atomic E-state index is -0.670. The average molecular weight is 496 g/mol. The van der Waals surface area contributed by atoms with Crippen LogP contribution in [0.1, 0.15) is 45.0 Å². The van der Waals surface area contributed by atoms with Gasteiger partial charge in [-0.05, 0) is 63.6 Å². The van der Waals surface area contributed by atoms with Crippen LogP contribution in [0.3, 0.4) is 0 Å². The summed E-state index contributed by atoms with van der Waals surface area (Å²) in [5.41, 5.74) is 2.07. The molecule has 0 aliphatic carbocycles. The number of thioether (sulfide) groups is 1. The van der Waals surface area contributed by atoms with Crippen LogP contribution in [0.5, 0.6) is 11.5 Å². The van der Waals surface area contributed by atoms with Gasteiger partial charge in [-0.2, -0.15) is 0 Å². The fourth-order valence-corrected chi connectivity index (χ4v) is 5.32. The molecule has 0 spiro atoms. The fraction of sp³-hybridized carbons (Fsp3) is 0.346.